The van der Waals surface area contributed by atoms with Crippen molar-refractivity contribution in [3.05, 3.63) is 0 Å². The lowest BCUT2D eigenvalue weighted by molar-refractivity contribution is 0.248. The van der Waals surface area contributed by atoms with Crippen LogP contribution in [0.3, 0.4) is 0 Å². The van der Waals surface area contributed by atoms with Gasteiger partial charge in [0.15, 0.2) is 0 Å². The van der Waals surface area contributed by atoms with Crippen molar-refractivity contribution in [3.8, 4) is 0 Å². The Hall–Kier alpha value is -0.0800. The lowest BCUT2D eigenvalue weighted by Gasteiger charge is -2.22. The molecule has 0 aromatic rings. The van der Waals surface area contributed by atoms with Gasteiger partial charge >= 0.3 is 0 Å². The molecular formula is C15H30N2. The standard InChI is InChI=1S/C15H30N2/c1-13(2)10-16-8-3-9-17(11-14-4-5-14)12-15-6-7-15/h13-16H,3-12H2,1-2H3. The van der Waals surface area contributed by atoms with Crippen molar-refractivity contribution in [1.29, 1.82) is 0 Å². The molecule has 0 aliphatic heterocycles. The Labute approximate surface area is 107 Å². The summed E-state index contributed by atoms with van der Waals surface area (Å²) in [5.41, 5.74) is 0. The van der Waals surface area contributed by atoms with Crippen LogP contribution >= 0.6 is 0 Å². The molecule has 0 atom stereocenters. The first-order chi connectivity index (χ1) is 8.24. The first kappa shape index (κ1) is 13.4. The van der Waals surface area contributed by atoms with Crippen LogP contribution in [0.4, 0.5) is 0 Å². The van der Waals surface area contributed by atoms with E-state index in [4.69, 9.17) is 0 Å². The fourth-order valence-electron chi connectivity index (χ4n) is 2.41. The summed E-state index contributed by atoms with van der Waals surface area (Å²) in [5, 5.41) is 3.55. The molecular weight excluding hydrogens is 208 g/mol. The van der Waals surface area contributed by atoms with Gasteiger partial charge in [-0.3, -0.25) is 0 Å². The van der Waals surface area contributed by atoms with E-state index in [1.807, 2.05) is 0 Å². The molecule has 2 nitrogen and oxygen atoms in total. The Bertz CT molecular complexity index is 193. The average Bonchev–Trinajstić information content (AvgIpc) is 3.11. The first-order valence-electron chi connectivity index (χ1n) is 7.67. The largest absolute Gasteiger partial charge is 0.316 e. The monoisotopic (exact) mass is 238 g/mol. The Morgan fingerprint density at radius 3 is 2.12 bits per heavy atom. The minimum Gasteiger partial charge on any atom is -0.316 e. The fourth-order valence-corrected chi connectivity index (χ4v) is 2.41. The summed E-state index contributed by atoms with van der Waals surface area (Å²) in [5.74, 6) is 2.89. The van der Waals surface area contributed by atoms with E-state index < -0.39 is 0 Å². The minimum atomic E-state index is 0.782. The number of nitrogens with one attached hydrogen (secondary N) is 1. The number of rotatable bonds is 10. The molecule has 0 heterocycles. The smallest absolute Gasteiger partial charge is 0.000978 e. The van der Waals surface area contributed by atoms with Gasteiger partial charge in [0.05, 0.1) is 0 Å². The van der Waals surface area contributed by atoms with Gasteiger partial charge in [-0.25, -0.2) is 0 Å². The van der Waals surface area contributed by atoms with Crippen LogP contribution in [-0.2, 0) is 0 Å². The van der Waals surface area contributed by atoms with Gasteiger partial charge in [-0.2, -0.15) is 0 Å². The summed E-state index contributed by atoms with van der Waals surface area (Å²) < 4.78 is 0. The van der Waals surface area contributed by atoms with Gasteiger partial charge in [0.1, 0.15) is 0 Å². The van der Waals surface area contributed by atoms with E-state index in [0.717, 1.165) is 17.8 Å². The highest BCUT2D eigenvalue weighted by molar-refractivity contribution is 4.82. The van der Waals surface area contributed by atoms with Crippen LogP contribution < -0.4 is 5.32 Å². The molecule has 0 saturated heterocycles. The Kier molecular flexibility index (Phi) is 5.30. The number of hydrogen-bond acceptors (Lipinski definition) is 2. The van der Waals surface area contributed by atoms with Crippen molar-refractivity contribution < 1.29 is 0 Å². The maximum absolute atomic E-state index is 3.55. The van der Waals surface area contributed by atoms with Crippen LogP contribution in [0.2, 0.25) is 0 Å². The minimum absolute atomic E-state index is 0.782. The first-order valence-corrected chi connectivity index (χ1v) is 7.67. The molecule has 2 saturated carbocycles. The normalized spacial score (nSPS) is 20.5. The van der Waals surface area contributed by atoms with Crippen LogP contribution in [0.1, 0.15) is 46.0 Å². The molecule has 2 rings (SSSR count). The van der Waals surface area contributed by atoms with E-state index in [1.165, 1.54) is 64.8 Å². The Balaban J connectivity index is 1.52. The summed E-state index contributed by atoms with van der Waals surface area (Å²) in [6, 6.07) is 0. The summed E-state index contributed by atoms with van der Waals surface area (Å²) >= 11 is 0. The summed E-state index contributed by atoms with van der Waals surface area (Å²) in [7, 11) is 0. The van der Waals surface area contributed by atoms with E-state index in [1.54, 1.807) is 0 Å². The van der Waals surface area contributed by atoms with E-state index in [0.29, 0.717) is 0 Å². The molecule has 0 bridgehead atoms. The highest BCUT2D eigenvalue weighted by Gasteiger charge is 2.28. The third-order valence-corrected chi connectivity index (χ3v) is 3.81. The van der Waals surface area contributed by atoms with Crippen LogP contribution in [0.25, 0.3) is 0 Å². The molecule has 0 aromatic carbocycles. The molecule has 0 radical (unpaired) electrons. The molecule has 2 heteroatoms. The van der Waals surface area contributed by atoms with E-state index >= 15 is 0 Å². The molecule has 2 aliphatic carbocycles. The third-order valence-electron chi connectivity index (χ3n) is 3.81. The Morgan fingerprint density at radius 2 is 1.65 bits per heavy atom. The molecule has 0 amide bonds. The molecule has 0 unspecified atom stereocenters. The lowest BCUT2D eigenvalue weighted by Crippen LogP contribution is -2.31. The van der Waals surface area contributed by atoms with Crippen LogP contribution in [0.15, 0.2) is 0 Å². The van der Waals surface area contributed by atoms with Gasteiger partial charge in [-0.15, -0.1) is 0 Å². The lowest BCUT2D eigenvalue weighted by atomic mass is 10.2. The second kappa shape index (κ2) is 6.75. The van der Waals surface area contributed by atoms with Crippen LogP contribution in [0, 0.1) is 17.8 Å². The topological polar surface area (TPSA) is 15.3 Å². The molecule has 0 spiro atoms. The van der Waals surface area contributed by atoms with Gasteiger partial charge < -0.3 is 10.2 Å². The van der Waals surface area contributed by atoms with Gasteiger partial charge in [0.25, 0.3) is 0 Å². The second-order valence-corrected chi connectivity index (χ2v) is 6.60. The zero-order valence-electron chi connectivity index (χ0n) is 11.8. The SMILES string of the molecule is CC(C)CNCCCN(CC1CC1)CC1CC1. The number of hydrogen-bond donors (Lipinski definition) is 1. The van der Waals surface area contributed by atoms with E-state index in [2.05, 4.69) is 24.1 Å². The van der Waals surface area contributed by atoms with Crippen molar-refractivity contribution in [2.24, 2.45) is 17.8 Å². The predicted octanol–water partition coefficient (Wildman–Crippen LogP) is 2.74. The third kappa shape index (κ3) is 6.42. The Morgan fingerprint density at radius 1 is 1.06 bits per heavy atom. The second-order valence-electron chi connectivity index (χ2n) is 6.60. The van der Waals surface area contributed by atoms with Crippen molar-refractivity contribution in [1.82, 2.24) is 10.2 Å². The quantitative estimate of drug-likeness (QED) is 0.589. The highest BCUT2D eigenvalue weighted by Crippen LogP contribution is 2.33. The molecule has 0 aromatic heterocycles. The highest BCUT2D eigenvalue weighted by atomic mass is 15.1. The van der Waals surface area contributed by atoms with Crippen molar-refractivity contribution in [2.45, 2.75) is 46.0 Å². The van der Waals surface area contributed by atoms with Gasteiger partial charge in [-0.1, -0.05) is 13.8 Å². The summed E-state index contributed by atoms with van der Waals surface area (Å²) in [6.45, 7) is 11.0. The molecule has 1 N–H and O–H groups in total. The molecule has 2 fully saturated rings. The summed E-state index contributed by atoms with van der Waals surface area (Å²) in [6.07, 6.45) is 7.30. The molecule has 2 aliphatic rings. The zero-order chi connectivity index (χ0) is 12.1. The predicted molar refractivity (Wildman–Crippen MR) is 74.2 cm³/mol. The average molecular weight is 238 g/mol. The van der Waals surface area contributed by atoms with Crippen LogP contribution in [-0.4, -0.2) is 37.6 Å². The van der Waals surface area contributed by atoms with Crippen molar-refractivity contribution in [2.75, 3.05) is 32.7 Å². The van der Waals surface area contributed by atoms with Gasteiger partial charge in [0, 0.05) is 13.1 Å². The van der Waals surface area contributed by atoms with Crippen molar-refractivity contribution >= 4 is 0 Å². The number of nitrogens with zero attached hydrogens (tertiary/aromatic N) is 1. The van der Waals surface area contributed by atoms with E-state index in [-0.39, 0.29) is 0 Å². The fraction of sp³-hybridized carbons (Fsp3) is 1.00. The van der Waals surface area contributed by atoms with Crippen molar-refractivity contribution in [3.63, 3.8) is 0 Å². The zero-order valence-corrected chi connectivity index (χ0v) is 11.8. The van der Waals surface area contributed by atoms with Gasteiger partial charge in [0.2, 0.25) is 0 Å². The maximum Gasteiger partial charge on any atom is 0.000978 e. The van der Waals surface area contributed by atoms with Crippen LogP contribution in [0.5, 0.6) is 0 Å². The maximum atomic E-state index is 3.55. The van der Waals surface area contributed by atoms with Gasteiger partial charge in [-0.05, 0) is 69.5 Å². The van der Waals surface area contributed by atoms with E-state index in [9.17, 15) is 0 Å². The summed E-state index contributed by atoms with van der Waals surface area (Å²) in [4.78, 5) is 2.74. The molecule has 100 valence electrons. The molecule has 17 heavy (non-hydrogen) atoms.